The Morgan fingerprint density at radius 2 is 1.88 bits per heavy atom. The molecule has 0 aromatic rings. The molecule has 0 heterocycles. The van der Waals surface area contributed by atoms with Crippen molar-refractivity contribution in [2.45, 2.75) is 40.2 Å². The molecule has 0 amide bonds. The Hall–Kier alpha value is -1.09. The van der Waals surface area contributed by atoms with E-state index in [1.54, 1.807) is 6.92 Å². The fraction of sp³-hybridized carbons (Fsp3) is 0.615. The lowest BCUT2D eigenvalue weighted by atomic mass is 10.1. The van der Waals surface area contributed by atoms with Gasteiger partial charge >= 0.3 is 5.97 Å². The summed E-state index contributed by atoms with van der Waals surface area (Å²) < 4.78 is 5.14. The van der Waals surface area contributed by atoms with E-state index < -0.39 is 0 Å². The van der Waals surface area contributed by atoms with Crippen LogP contribution in [0, 0.1) is 0 Å². The molecular weight excluding hydrogens is 202 g/mol. The van der Waals surface area contributed by atoms with E-state index in [1.807, 2.05) is 13.8 Å². The second kappa shape index (κ2) is 7.23. The van der Waals surface area contributed by atoms with Crippen molar-refractivity contribution in [3.8, 4) is 0 Å². The highest BCUT2D eigenvalue weighted by atomic mass is 16.5. The van der Waals surface area contributed by atoms with Gasteiger partial charge in [0, 0.05) is 11.6 Å². The van der Waals surface area contributed by atoms with Crippen molar-refractivity contribution in [3.05, 3.63) is 24.3 Å². The second-order valence-corrected chi connectivity index (χ2v) is 4.02. The van der Waals surface area contributed by atoms with Crippen LogP contribution < -0.4 is 0 Å². The van der Waals surface area contributed by atoms with Crippen molar-refractivity contribution in [2.24, 2.45) is 0 Å². The first-order valence-electron chi connectivity index (χ1n) is 5.66. The molecule has 0 aliphatic heterocycles. The highest BCUT2D eigenvalue weighted by molar-refractivity contribution is 5.86. The van der Waals surface area contributed by atoms with E-state index in [-0.39, 0.29) is 12.0 Å². The van der Waals surface area contributed by atoms with Gasteiger partial charge in [-0.3, -0.25) is 4.90 Å². The van der Waals surface area contributed by atoms with Crippen LogP contribution in [-0.4, -0.2) is 30.2 Å². The third-order valence-electron chi connectivity index (χ3n) is 2.51. The summed E-state index contributed by atoms with van der Waals surface area (Å²) in [7, 11) is 0. The normalized spacial score (nSPS) is 12.3. The van der Waals surface area contributed by atoms with Crippen LogP contribution in [0.15, 0.2) is 24.3 Å². The number of carbonyl (C=O) groups excluding carboxylic acids is 1. The number of likely N-dealkylation sites (N-methyl/N-ethyl adjacent to an activating group) is 1. The molecule has 0 aliphatic rings. The summed E-state index contributed by atoms with van der Waals surface area (Å²) in [6.07, 6.45) is 0.966. The highest BCUT2D eigenvalue weighted by Gasteiger charge is 2.17. The standard InChI is InChI=1S/C13H23NO2/c1-7-12(10(3)4)14(8-2)9-16-13(15)11(5)6/h12H,3,5,7-9H2,1-2,4,6H3. The zero-order valence-electron chi connectivity index (χ0n) is 10.9. The fourth-order valence-electron chi connectivity index (χ4n) is 1.58. The molecule has 0 N–H and O–H groups in total. The molecule has 0 radical (unpaired) electrons. The van der Waals surface area contributed by atoms with Crippen molar-refractivity contribution in [3.63, 3.8) is 0 Å². The van der Waals surface area contributed by atoms with Gasteiger partial charge in [-0.05, 0) is 26.8 Å². The van der Waals surface area contributed by atoms with Gasteiger partial charge in [0.15, 0.2) is 0 Å². The van der Waals surface area contributed by atoms with Crippen LogP contribution in [0.5, 0.6) is 0 Å². The van der Waals surface area contributed by atoms with E-state index in [2.05, 4.69) is 25.0 Å². The van der Waals surface area contributed by atoms with E-state index in [1.165, 1.54) is 0 Å². The smallest absolute Gasteiger partial charge is 0.334 e. The summed E-state index contributed by atoms with van der Waals surface area (Å²) in [5, 5.41) is 0. The Bertz CT molecular complexity index is 271. The molecule has 1 unspecified atom stereocenters. The zero-order chi connectivity index (χ0) is 12.7. The minimum atomic E-state index is -0.338. The molecule has 0 bridgehead atoms. The third kappa shape index (κ3) is 4.62. The maximum absolute atomic E-state index is 11.3. The predicted octanol–water partition coefficient (Wildman–Crippen LogP) is 2.74. The molecule has 16 heavy (non-hydrogen) atoms. The molecule has 0 aromatic carbocycles. The van der Waals surface area contributed by atoms with Crippen LogP contribution in [0.2, 0.25) is 0 Å². The molecule has 0 rings (SSSR count). The monoisotopic (exact) mass is 225 g/mol. The minimum absolute atomic E-state index is 0.267. The van der Waals surface area contributed by atoms with E-state index in [0.717, 1.165) is 18.5 Å². The van der Waals surface area contributed by atoms with Gasteiger partial charge in [-0.25, -0.2) is 4.79 Å². The Kier molecular flexibility index (Phi) is 6.74. The number of rotatable bonds is 7. The first-order chi connectivity index (χ1) is 7.43. The molecule has 1 atom stereocenters. The Morgan fingerprint density at radius 3 is 2.19 bits per heavy atom. The number of ether oxygens (including phenoxy) is 1. The van der Waals surface area contributed by atoms with Gasteiger partial charge in [0.05, 0.1) is 0 Å². The summed E-state index contributed by atoms with van der Waals surface area (Å²) in [5.74, 6) is -0.338. The predicted molar refractivity (Wildman–Crippen MR) is 67.0 cm³/mol. The van der Waals surface area contributed by atoms with Crippen LogP contribution in [0.4, 0.5) is 0 Å². The largest absolute Gasteiger partial charge is 0.446 e. The zero-order valence-corrected chi connectivity index (χ0v) is 10.9. The van der Waals surface area contributed by atoms with E-state index >= 15 is 0 Å². The average molecular weight is 225 g/mol. The van der Waals surface area contributed by atoms with Crippen LogP contribution in [0.25, 0.3) is 0 Å². The summed E-state index contributed by atoms with van der Waals surface area (Å²) in [5.41, 5.74) is 1.52. The summed E-state index contributed by atoms with van der Waals surface area (Å²) in [6, 6.07) is 0.267. The van der Waals surface area contributed by atoms with Crippen LogP contribution in [0.1, 0.15) is 34.1 Å². The van der Waals surface area contributed by atoms with Crippen LogP contribution in [0.3, 0.4) is 0 Å². The van der Waals surface area contributed by atoms with Crippen molar-refractivity contribution in [2.75, 3.05) is 13.3 Å². The maximum atomic E-state index is 11.3. The lowest BCUT2D eigenvalue weighted by Gasteiger charge is -2.29. The molecule has 3 nitrogen and oxygen atoms in total. The minimum Gasteiger partial charge on any atom is -0.446 e. The van der Waals surface area contributed by atoms with Gasteiger partial charge in [-0.15, -0.1) is 0 Å². The molecule has 0 aliphatic carbocycles. The second-order valence-electron chi connectivity index (χ2n) is 4.02. The van der Waals surface area contributed by atoms with E-state index in [0.29, 0.717) is 12.3 Å². The van der Waals surface area contributed by atoms with Crippen molar-refractivity contribution < 1.29 is 9.53 Å². The number of hydrogen-bond acceptors (Lipinski definition) is 3. The molecule has 3 heteroatoms. The number of nitrogens with zero attached hydrogens (tertiary/aromatic N) is 1. The number of esters is 1. The Balaban J connectivity index is 4.34. The average Bonchev–Trinajstić information content (AvgIpc) is 2.22. The first kappa shape index (κ1) is 14.9. The number of carbonyl (C=O) groups is 1. The molecule has 0 spiro atoms. The molecule has 92 valence electrons. The fourth-order valence-corrected chi connectivity index (χ4v) is 1.58. The third-order valence-corrected chi connectivity index (χ3v) is 2.51. The lowest BCUT2D eigenvalue weighted by Crippen LogP contribution is -2.38. The van der Waals surface area contributed by atoms with Crippen molar-refractivity contribution in [1.29, 1.82) is 0 Å². The summed E-state index contributed by atoms with van der Waals surface area (Å²) >= 11 is 0. The summed E-state index contributed by atoms with van der Waals surface area (Å²) in [4.78, 5) is 13.4. The quantitative estimate of drug-likeness (QED) is 0.289. The topological polar surface area (TPSA) is 29.5 Å². The molecule has 0 saturated heterocycles. The van der Waals surface area contributed by atoms with Gasteiger partial charge in [0.1, 0.15) is 6.73 Å². The van der Waals surface area contributed by atoms with Crippen molar-refractivity contribution >= 4 is 5.97 Å². The first-order valence-corrected chi connectivity index (χ1v) is 5.66. The van der Waals surface area contributed by atoms with Gasteiger partial charge in [0.25, 0.3) is 0 Å². The Morgan fingerprint density at radius 1 is 1.31 bits per heavy atom. The van der Waals surface area contributed by atoms with Gasteiger partial charge in [0.2, 0.25) is 0 Å². The van der Waals surface area contributed by atoms with Crippen LogP contribution in [-0.2, 0) is 9.53 Å². The highest BCUT2D eigenvalue weighted by Crippen LogP contribution is 2.12. The van der Waals surface area contributed by atoms with Gasteiger partial charge in [-0.1, -0.05) is 32.6 Å². The molecule has 0 fully saturated rings. The van der Waals surface area contributed by atoms with E-state index in [9.17, 15) is 4.79 Å². The Labute approximate surface area is 98.8 Å². The van der Waals surface area contributed by atoms with Crippen molar-refractivity contribution in [1.82, 2.24) is 4.90 Å². The van der Waals surface area contributed by atoms with Gasteiger partial charge in [-0.2, -0.15) is 0 Å². The van der Waals surface area contributed by atoms with Crippen LogP contribution >= 0.6 is 0 Å². The SMILES string of the molecule is C=C(C)C(=O)OCN(CC)C(CC)C(=C)C. The molecule has 0 saturated carbocycles. The molecular formula is C13H23NO2. The van der Waals surface area contributed by atoms with E-state index in [4.69, 9.17) is 4.74 Å². The lowest BCUT2D eigenvalue weighted by molar-refractivity contribution is -0.144. The number of hydrogen-bond donors (Lipinski definition) is 0. The molecule has 0 aromatic heterocycles. The maximum Gasteiger partial charge on any atom is 0.334 e. The summed E-state index contributed by atoms with van der Waals surface area (Å²) in [6.45, 7) is 16.4. The van der Waals surface area contributed by atoms with Gasteiger partial charge < -0.3 is 4.74 Å².